The number of imidazole rings is 1. The van der Waals surface area contributed by atoms with Crippen LogP contribution in [0.5, 0.6) is 0 Å². The Bertz CT molecular complexity index is 713. The van der Waals surface area contributed by atoms with Crippen molar-refractivity contribution in [3.05, 3.63) is 6.33 Å². The van der Waals surface area contributed by atoms with Gasteiger partial charge >= 0.3 is 0 Å². The minimum Gasteiger partial charge on any atom is -0.394 e. The maximum atomic E-state index is 10.3. The number of aliphatic hydroxyl groups is 2. The number of anilines is 1. The molecule has 3 rings (SSSR count). The zero-order chi connectivity index (χ0) is 17.3. The van der Waals surface area contributed by atoms with Gasteiger partial charge in [0.05, 0.1) is 6.61 Å². The first-order valence-electron chi connectivity index (χ1n) is 7.40. The highest BCUT2D eigenvalue weighted by Crippen LogP contribution is 2.37. The molecule has 0 aromatic carbocycles. The van der Waals surface area contributed by atoms with E-state index in [-0.39, 0.29) is 12.4 Å². The molecule has 132 valence electrons. The van der Waals surface area contributed by atoms with Crippen LogP contribution in [0.15, 0.2) is 11.5 Å². The molecular formula is C13H20N6O4S. The van der Waals surface area contributed by atoms with Crippen molar-refractivity contribution >= 4 is 28.7 Å². The monoisotopic (exact) mass is 356 g/mol. The molecule has 0 amide bonds. The summed E-state index contributed by atoms with van der Waals surface area (Å²) in [7, 11) is 1.47. The summed E-state index contributed by atoms with van der Waals surface area (Å²) in [6, 6.07) is 0. The zero-order valence-corrected chi connectivity index (χ0v) is 13.9. The summed E-state index contributed by atoms with van der Waals surface area (Å²) in [5, 5.41) is 20.3. The van der Waals surface area contributed by atoms with Crippen LogP contribution in [0.4, 0.5) is 5.82 Å². The van der Waals surface area contributed by atoms with Crippen LogP contribution in [0.3, 0.4) is 0 Å². The van der Waals surface area contributed by atoms with Crippen molar-refractivity contribution in [1.82, 2.24) is 19.5 Å². The van der Waals surface area contributed by atoms with Crippen molar-refractivity contribution in [1.29, 1.82) is 0 Å². The highest BCUT2D eigenvalue weighted by atomic mass is 32.2. The van der Waals surface area contributed by atoms with Crippen LogP contribution < -0.4 is 11.5 Å². The van der Waals surface area contributed by atoms with E-state index >= 15 is 0 Å². The number of nitrogens with zero attached hydrogens (tertiary/aromatic N) is 4. The second kappa shape index (κ2) is 7.17. The number of rotatable bonds is 6. The van der Waals surface area contributed by atoms with Gasteiger partial charge in [0.2, 0.25) is 0 Å². The summed E-state index contributed by atoms with van der Waals surface area (Å²) in [6.07, 6.45) is -1.79. The number of nitrogens with two attached hydrogens (primary N) is 2. The third-order valence-electron chi connectivity index (χ3n) is 3.84. The van der Waals surface area contributed by atoms with Crippen molar-refractivity contribution in [2.75, 3.05) is 31.7 Å². The molecule has 1 aliphatic heterocycles. The molecule has 2 aromatic rings. The van der Waals surface area contributed by atoms with E-state index in [9.17, 15) is 10.2 Å². The van der Waals surface area contributed by atoms with Crippen LogP contribution in [0.1, 0.15) is 6.23 Å². The molecule has 4 atom stereocenters. The molecule has 0 unspecified atom stereocenters. The highest BCUT2D eigenvalue weighted by molar-refractivity contribution is 7.99. The van der Waals surface area contributed by atoms with Gasteiger partial charge in [-0.1, -0.05) is 11.8 Å². The highest BCUT2D eigenvalue weighted by Gasteiger charge is 2.46. The molecule has 0 spiro atoms. The second-order valence-electron chi connectivity index (χ2n) is 5.27. The molecule has 2 aromatic heterocycles. The third kappa shape index (κ3) is 2.83. The van der Waals surface area contributed by atoms with Gasteiger partial charge in [-0.3, -0.25) is 4.57 Å². The SMILES string of the molecule is CO[C@@H]1[C@H](O)[C@@H](CO)O[C@H]1n1c(SCCN)nc2c(N)ncnc21. The Morgan fingerprint density at radius 3 is 2.92 bits per heavy atom. The standard InChI is InChI=1S/C13H20N6O4S/c1-22-9-8(21)6(4-20)23-12(9)19-11-7(10(15)16-5-17-11)18-13(19)24-3-2-14/h5-6,8-9,12,20-21H,2-4,14H2,1H3,(H2,15,16,17)/t6-,8-,9-,12-/m1/s1. The van der Waals surface area contributed by atoms with Crippen LogP contribution in [0, 0.1) is 0 Å². The van der Waals surface area contributed by atoms with Gasteiger partial charge in [0, 0.05) is 19.4 Å². The Kier molecular flexibility index (Phi) is 5.18. The van der Waals surface area contributed by atoms with Crippen LogP contribution in [-0.2, 0) is 9.47 Å². The molecule has 6 N–H and O–H groups in total. The summed E-state index contributed by atoms with van der Waals surface area (Å²) in [5.41, 5.74) is 12.4. The van der Waals surface area contributed by atoms with Crippen LogP contribution in [0.2, 0.25) is 0 Å². The summed E-state index contributed by atoms with van der Waals surface area (Å²) in [4.78, 5) is 12.7. The minimum absolute atomic E-state index is 0.250. The zero-order valence-electron chi connectivity index (χ0n) is 13.1. The summed E-state index contributed by atoms with van der Waals surface area (Å²) in [5.74, 6) is 0.882. The fourth-order valence-corrected chi connectivity index (χ4v) is 3.51. The first-order chi connectivity index (χ1) is 11.6. The van der Waals surface area contributed by atoms with Gasteiger partial charge in [0.15, 0.2) is 28.4 Å². The van der Waals surface area contributed by atoms with Crippen molar-refractivity contribution < 1.29 is 19.7 Å². The van der Waals surface area contributed by atoms with Gasteiger partial charge in [-0.2, -0.15) is 0 Å². The number of hydrogen-bond donors (Lipinski definition) is 4. The van der Waals surface area contributed by atoms with Crippen LogP contribution in [-0.4, -0.2) is 74.1 Å². The lowest BCUT2D eigenvalue weighted by Gasteiger charge is -2.21. The Morgan fingerprint density at radius 1 is 1.46 bits per heavy atom. The largest absolute Gasteiger partial charge is 0.394 e. The first-order valence-corrected chi connectivity index (χ1v) is 8.39. The predicted molar refractivity (Wildman–Crippen MR) is 87.3 cm³/mol. The molecule has 1 aliphatic rings. The van der Waals surface area contributed by atoms with E-state index in [2.05, 4.69) is 15.0 Å². The number of aromatic nitrogens is 4. The Hall–Kier alpha value is -1.50. The third-order valence-corrected chi connectivity index (χ3v) is 4.83. The average Bonchev–Trinajstić information content (AvgIpc) is 3.10. The number of methoxy groups -OCH3 is 1. The van der Waals surface area contributed by atoms with Gasteiger partial charge in [-0.25, -0.2) is 15.0 Å². The molecule has 0 saturated carbocycles. The van der Waals surface area contributed by atoms with E-state index in [1.165, 1.54) is 25.2 Å². The maximum Gasteiger partial charge on any atom is 0.172 e. The molecule has 0 radical (unpaired) electrons. The van der Waals surface area contributed by atoms with Gasteiger partial charge in [-0.05, 0) is 0 Å². The van der Waals surface area contributed by atoms with Gasteiger partial charge < -0.3 is 31.2 Å². The summed E-state index contributed by atoms with van der Waals surface area (Å²) in [6.45, 7) is 0.142. The Labute approximate surface area is 142 Å². The predicted octanol–water partition coefficient (Wildman–Crippen LogP) is -1.28. The van der Waals surface area contributed by atoms with Crippen molar-refractivity contribution in [2.24, 2.45) is 5.73 Å². The van der Waals surface area contributed by atoms with Gasteiger partial charge in [0.25, 0.3) is 0 Å². The molecule has 0 aliphatic carbocycles. The minimum atomic E-state index is -0.978. The lowest BCUT2D eigenvalue weighted by Crippen LogP contribution is -2.34. The van der Waals surface area contributed by atoms with E-state index in [1.807, 2.05) is 0 Å². The summed E-state index contributed by atoms with van der Waals surface area (Å²) >= 11 is 1.41. The van der Waals surface area contributed by atoms with Crippen molar-refractivity contribution in [2.45, 2.75) is 29.7 Å². The number of hydrogen-bond acceptors (Lipinski definition) is 10. The number of fused-ring (bicyclic) bond motifs is 1. The molecular weight excluding hydrogens is 336 g/mol. The van der Waals surface area contributed by atoms with E-state index in [4.69, 9.17) is 20.9 Å². The fourth-order valence-electron chi connectivity index (χ4n) is 2.72. The first kappa shape index (κ1) is 17.3. The topological polar surface area (TPSA) is 155 Å². The normalized spacial score (nSPS) is 27.2. The van der Waals surface area contributed by atoms with Crippen molar-refractivity contribution in [3.63, 3.8) is 0 Å². The molecule has 1 fully saturated rings. The molecule has 3 heterocycles. The molecule has 10 nitrogen and oxygen atoms in total. The number of aliphatic hydroxyl groups excluding tert-OH is 2. The van der Waals surface area contributed by atoms with Crippen molar-refractivity contribution in [3.8, 4) is 0 Å². The lowest BCUT2D eigenvalue weighted by atomic mass is 10.1. The average molecular weight is 356 g/mol. The number of thioether (sulfide) groups is 1. The maximum absolute atomic E-state index is 10.3. The quantitative estimate of drug-likeness (QED) is 0.460. The second-order valence-corrected chi connectivity index (χ2v) is 6.33. The van der Waals surface area contributed by atoms with Crippen LogP contribution >= 0.6 is 11.8 Å². The Balaban J connectivity index is 2.11. The van der Waals surface area contributed by atoms with Gasteiger partial charge in [0.1, 0.15) is 24.6 Å². The van der Waals surface area contributed by atoms with E-state index < -0.39 is 24.5 Å². The lowest BCUT2D eigenvalue weighted by molar-refractivity contribution is -0.0623. The number of ether oxygens (including phenoxy) is 2. The fraction of sp³-hybridized carbons (Fsp3) is 0.615. The van der Waals surface area contributed by atoms with Gasteiger partial charge in [-0.15, -0.1) is 0 Å². The summed E-state index contributed by atoms with van der Waals surface area (Å²) < 4.78 is 12.9. The number of nitrogen functional groups attached to an aromatic ring is 1. The van der Waals surface area contributed by atoms with E-state index in [0.717, 1.165) is 0 Å². The van der Waals surface area contributed by atoms with Crippen LogP contribution in [0.25, 0.3) is 11.2 Å². The van der Waals surface area contributed by atoms with E-state index in [0.29, 0.717) is 28.6 Å². The molecule has 1 saturated heterocycles. The Morgan fingerprint density at radius 2 is 2.25 bits per heavy atom. The molecule has 24 heavy (non-hydrogen) atoms. The molecule has 11 heteroatoms. The van der Waals surface area contributed by atoms with E-state index in [1.54, 1.807) is 4.57 Å². The smallest absolute Gasteiger partial charge is 0.172 e. The molecule has 0 bridgehead atoms.